The molecule has 0 spiro atoms. The highest BCUT2D eigenvalue weighted by Crippen LogP contribution is 2.06. The van der Waals surface area contributed by atoms with Gasteiger partial charge in [0.25, 0.3) is 0 Å². The molecule has 0 bridgehead atoms. The minimum absolute atomic E-state index is 0.0388. The van der Waals surface area contributed by atoms with E-state index in [0.717, 1.165) is 12.8 Å². The molecule has 6 heteroatoms. The maximum Gasteiger partial charge on any atom is 0.242 e. The van der Waals surface area contributed by atoms with Gasteiger partial charge in [-0.25, -0.2) is 4.68 Å². The third kappa shape index (κ3) is 6.33. The first-order valence-corrected chi connectivity index (χ1v) is 6.80. The summed E-state index contributed by atoms with van der Waals surface area (Å²) < 4.78 is 1.50. The average molecular weight is 268 g/mol. The summed E-state index contributed by atoms with van der Waals surface area (Å²) in [5.74, 6) is 0.590. The van der Waals surface area contributed by atoms with Gasteiger partial charge >= 0.3 is 0 Å². The molecule has 0 fully saturated rings. The van der Waals surface area contributed by atoms with Gasteiger partial charge in [-0.1, -0.05) is 19.1 Å². The van der Waals surface area contributed by atoms with Crippen LogP contribution in [0.3, 0.4) is 0 Å². The molecule has 1 aromatic rings. The van der Waals surface area contributed by atoms with Crippen LogP contribution in [0.5, 0.6) is 0 Å². The molecule has 0 aliphatic carbocycles. The van der Waals surface area contributed by atoms with Gasteiger partial charge in [0, 0.05) is 25.3 Å². The normalized spacial score (nSPS) is 12.7. The number of hydrogen-bond donors (Lipinski definition) is 2. The second kappa shape index (κ2) is 7.89. The summed E-state index contributed by atoms with van der Waals surface area (Å²) in [6.45, 7) is 6.57. The summed E-state index contributed by atoms with van der Waals surface area (Å²) in [4.78, 5) is 11.8. The molecule has 1 aromatic heterocycles. The first-order chi connectivity index (χ1) is 9.01. The summed E-state index contributed by atoms with van der Waals surface area (Å²) in [5.41, 5.74) is 0.697. The van der Waals surface area contributed by atoms with Crippen LogP contribution in [-0.2, 0) is 17.8 Å². The Morgan fingerprint density at radius 3 is 2.79 bits per heavy atom. The van der Waals surface area contributed by atoms with Crippen LogP contribution >= 0.6 is 0 Å². The Kier molecular flexibility index (Phi) is 6.49. The molecule has 0 radical (unpaired) electrons. The molecule has 0 saturated carbocycles. The van der Waals surface area contributed by atoms with Crippen molar-refractivity contribution in [2.24, 2.45) is 5.92 Å². The zero-order valence-electron chi connectivity index (χ0n) is 12.0. The fourth-order valence-electron chi connectivity index (χ4n) is 1.77. The number of rotatable bonds is 8. The highest BCUT2D eigenvalue weighted by molar-refractivity contribution is 5.75. The molecule has 1 heterocycles. The number of carbonyl (C=O) groups excluding carboxylic acids is 1. The van der Waals surface area contributed by atoms with E-state index >= 15 is 0 Å². The Hall–Kier alpha value is -1.43. The fourth-order valence-corrected chi connectivity index (χ4v) is 1.77. The highest BCUT2D eigenvalue weighted by Gasteiger charge is 2.10. The first-order valence-electron chi connectivity index (χ1n) is 6.80. The smallest absolute Gasteiger partial charge is 0.242 e. The van der Waals surface area contributed by atoms with Crippen molar-refractivity contribution in [2.45, 2.75) is 52.6 Å². The Morgan fingerprint density at radius 2 is 2.16 bits per heavy atom. The molecule has 2 N–H and O–H groups in total. The second-order valence-corrected chi connectivity index (χ2v) is 5.32. The molecule has 1 amide bonds. The van der Waals surface area contributed by atoms with Crippen molar-refractivity contribution in [1.82, 2.24) is 20.3 Å². The standard InChI is InChI=1S/C13H24N4O2/c1-10(2)4-5-11(3)14-13(19)9-17-8-12(6-7-18)15-16-17/h8,10-11,18H,4-7,9H2,1-3H3,(H,14,19). The quantitative estimate of drug-likeness (QED) is 0.729. The van der Waals surface area contributed by atoms with Crippen LogP contribution in [0.4, 0.5) is 0 Å². The molecule has 108 valence electrons. The molecular formula is C13H24N4O2. The van der Waals surface area contributed by atoms with E-state index in [1.54, 1.807) is 6.20 Å². The summed E-state index contributed by atoms with van der Waals surface area (Å²) in [7, 11) is 0. The number of carbonyl (C=O) groups is 1. The molecule has 6 nitrogen and oxygen atoms in total. The molecule has 1 atom stereocenters. The molecular weight excluding hydrogens is 244 g/mol. The van der Waals surface area contributed by atoms with Gasteiger partial charge in [0.15, 0.2) is 0 Å². The van der Waals surface area contributed by atoms with Crippen LogP contribution in [0.1, 0.15) is 39.3 Å². The second-order valence-electron chi connectivity index (χ2n) is 5.32. The molecule has 1 unspecified atom stereocenters. The largest absolute Gasteiger partial charge is 0.396 e. The van der Waals surface area contributed by atoms with Gasteiger partial charge in [0.2, 0.25) is 5.91 Å². The Bertz CT molecular complexity index is 390. The Morgan fingerprint density at radius 1 is 1.42 bits per heavy atom. The predicted octanol–water partition coefficient (Wildman–Crippen LogP) is 0.754. The van der Waals surface area contributed by atoms with E-state index in [1.165, 1.54) is 4.68 Å². The maximum atomic E-state index is 11.8. The number of aliphatic hydroxyl groups is 1. The summed E-state index contributed by atoms with van der Waals surface area (Å²) in [6, 6.07) is 0.176. The highest BCUT2D eigenvalue weighted by atomic mass is 16.3. The Labute approximate surface area is 114 Å². The predicted molar refractivity (Wildman–Crippen MR) is 72.5 cm³/mol. The molecule has 0 aliphatic heterocycles. The number of hydrogen-bond acceptors (Lipinski definition) is 4. The van der Waals surface area contributed by atoms with Crippen molar-refractivity contribution >= 4 is 5.91 Å². The number of aliphatic hydroxyl groups excluding tert-OH is 1. The van der Waals surface area contributed by atoms with Crippen LogP contribution in [0.2, 0.25) is 0 Å². The lowest BCUT2D eigenvalue weighted by Crippen LogP contribution is -2.35. The zero-order valence-corrected chi connectivity index (χ0v) is 12.0. The van der Waals surface area contributed by atoms with Gasteiger partial charge in [-0.05, 0) is 25.7 Å². The topological polar surface area (TPSA) is 80.0 Å². The van der Waals surface area contributed by atoms with Crippen molar-refractivity contribution in [2.75, 3.05) is 6.61 Å². The van der Waals surface area contributed by atoms with Crippen molar-refractivity contribution in [3.8, 4) is 0 Å². The van der Waals surface area contributed by atoms with Crippen LogP contribution in [-0.4, -0.2) is 38.7 Å². The third-order valence-corrected chi connectivity index (χ3v) is 2.84. The van der Waals surface area contributed by atoms with Crippen LogP contribution in [0.15, 0.2) is 6.20 Å². The summed E-state index contributed by atoms with van der Waals surface area (Å²) >= 11 is 0. The maximum absolute atomic E-state index is 11.8. The van der Waals surface area contributed by atoms with Crippen molar-refractivity contribution in [3.63, 3.8) is 0 Å². The molecule has 19 heavy (non-hydrogen) atoms. The van der Waals surface area contributed by atoms with Gasteiger partial charge in [-0.2, -0.15) is 0 Å². The van der Waals surface area contributed by atoms with Gasteiger partial charge in [0.05, 0.1) is 5.69 Å². The van der Waals surface area contributed by atoms with E-state index < -0.39 is 0 Å². The fraction of sp³-hybridized carbons (Fsp3) is 0.769. The SMILES string of the molecule is CC(C)CCC(C)NC(=O)Cn1cc(CCO)nn1. The summed E-state index contributed by atoms with van der Waals surface area (Å²) in [5, 5.41) is 19.4. The van der Waals surface area contributed by atoms with E-state index in [4.69, 9.17) is 5.11 Å². The molecule has 1 rings (SSSR count). The van der Waals surface area contributed by atoms with Gasteiger partial charge < -0.3 is 10.4 Å². The van der Waals surface area contributed by atoms with Crippen LogP contribution in [0, 0.1) is 5.92 Å². The first kappa shape index (κ1) is 15.6. The third-order valence-electron chi connectivity index (χ3n) is 2.84. The van der Waals surface area contributed by atoms with Crippen molar-refractivity contribution in [1.29, 1.82) is 0 Å². The summed E-state index contributed by atoms with van der Waals surface area (Å²) in [6.07, 6.45) is 4.24. The number of nitrogens with zero attached hydrogens (tertiary/aromatic N) is 3. The van der Waals surface area contributed by atoms with E-state index in [-0.39, 0.29) is 25.1 Å². The molecule has 0 aromatic carbocycles. The Balaban J connectivity index is 2.33. The van der Waals surface area contributed by atoms with E-state index in [9.17, 15) is 4.79 Å². The monoisotopic (exact) mass is 268 g/mol. The van der Waals surface area contributed by atoms with Gasteiger partial charge in [-0.15, -0.1) is 5.10 Å². The lowest BCUT2D eigenvalue weighted by molar-refractivity contribution is -0.122. The van der Waals surface area contributed by atoms with Crippen molar-refractivity contribution in [3.05, 3.63) is 11.9 Å². The number of amides is 1. The lowest BCUT2D eigenvalue weighted by Gasteiger charge is -2.14. The minimum Gasteiger partial charge on any atom is -0.396 e. The zero-order chi connectivity index (χ0) is 14.3. The van der Waals surface area contributed by atoms with Crippen LogP contribution in [0.25, 0.3) is 0 Å². The molecule has 0 saturated heterocycles. The number of aromatic nitrogens is 3. The average Bonchev–Trinajstić information content (AvgIpc) is 2.74. The molecule has 0 aliphatic rings. The van der Waals surface area contributed by atoms with E-state index in [0.29, 0.717) is 18.0 Å². The van der Waals surface area contributed by atoms with Gasteiger partial charge in [0.1, 0.15) is 6.54 Å². The number of nitrogens with one attached hydrogen (secondary N) is 1. The van der Waals surface area contributed by atoms with Crippen LogP contribution < -0.4 is 5.32 Å². The van der Waals surface area contributed by atoms with E-state index in [1.807, 2.05) is 6.92 Å². The van der Waals surface area contributed by atoms with Crippen molar-refractivity contribution < 1.29 is 9.90 Å². The minimum atomic E-state index is -0.0586. The van der Waals surface area contributed by atoms with Gasteiger partial charge in [-0.3, -0.25) is 4.79 Å². The van der Waals surface area contributed by atoms with E-state index in [2.05, 4.69) is 29.5 Å². The lowest BCUT2D eigenvalue weighted by atomic mass is 10.0.